The highest BCUT2D eigenvalue weighted by atomic mass is 16.1. The van der Waals surface area contributed by atoms with Crippen molar-refractivity contribution in [2.75, 3.05) is 5.32 Å². The monoisotopic (exact) mass is 301 g/mol. The Morgan fingerprint density at radius 3 is 2.48 bits per heavy atom. The summed E-state index contributed by atoms with van der Waals surface area (Å²) >= 11 is 0. The smallest absolute Gasteiger partial charge is 0.256 e. The van der Waals surface area contributed by atoms with Crippen LogP contribution in [0.4, 0.5) is 5.69 Å². The molecule has 0 saturated heterocycles. The molecule has 3 nitrogen and oxygen atoms in total. The quantitative estimate of drug-likeness (QED) is 0.576. The lowest BCUT2D eigenvalue weighted by atomic mass is 10.1. The first-order valence-electron chi connectivity index (χ1n) is 7.29. The molecule has 0 aliphatic carbocycles. The van der Waals surface area contributed by atoms with Crippen LogP contribution in [0.2, 0.25) is 0 Å². The summed E-state index contributed by atoms with van der Waals surface area (Å²) in [6.45, 7) is 0. The second-order valence-corrected chi connectivity index (χ2v) is 5.06. The number of carbonyl (C=O) groups is 2. The number of hydrogen-bond donors (Lipinski definition) is 1. The lowest BCUT2D eigenvalue weighted by molar-refractivity contribution is -0.104. The molecule has 23 heavy (non-hydrogen) atoms. The summed E-state index contributed by atoms with van der Waals surface area (Å²) < 4.78 is 0. The predicted molar refractivity (Wildman–Crippen MR) is 93.4 cm³/mol. The van der Waals surface area contributed by atoms with Crippen molar-refractivity contribution in [1.29, 1.82) is 0 Å². The van der Waals surface area contributed by atoms with E-state index < -0.39 is 0 Å². The second-order valence-electron chi connectivity index (χ2n) is 5.06. The minimum Gasteiger partial charge on any atom is -0.321 e. The fraction of sp³-hybridized carbons (Fsp3) is 0. The Bertz CT molecular complexity index is 892. The van der Waals surface area contributed by atoms with Gasteiger partial charge in [-0.05, 0) is 29.2 Å². The van der Waals surface area contributed by atoms with Crippen molar-refractivity contribution in [3.8, 4) is 0 Å². The van der Waals surface area contributed by atoms with Crippen molar-refractivity contribution in [3.63, 3.8) is 0 Å². The van der Waals surface area contributed by atoms with Gasteiger partial charge in [0.25, 0.3) is 5.91 Å². The Hall–Kier alpha value is -3.20. The molecule has 3 rings (SSSR count). The van der Waals surface area contributed by atoms with Gasteiger partial charge in [0.2, 0.25) is 0 Å². The number of anilines is 1. The van der Waals surface area contributed by atoms with Crippen molar-refractivity contribution in [2.45, 2.75) is 0 Å². The van der Waals surface area contributed by atoms with Crippen LogP contribution in [0.3, 0.4) is 0 Å². The van der Waals surface area contributed by atoms with Crippen molar-refractivity contribution < 1.29 is 9.59 Å². The van der Waals surface area contributed by atoms with E-state index in [2.05, 4.69) is 5.32 Å². The first-order chi connectivity index (χ1) is 11.3. The first kappa shape index (κ1) is 14.7. The fourth-order valence-corrected chi connectivity index (χ4v) is 2.52. The van der Waals surface area contributed by atoms with E-state index in [-0.39, 0.29) is 5.91 Å². The topological polar surface area (TPSA) is 46.2 Å². The summed E-state index contributed by atoms with van der Waals surface area (Å²) in [5, 5.41) is 5.02. The average molecular weight is 301 g/mol. The number of allylic oxidation sites excluding steroid dienone is 1. The molecule has 3 aromatic rings. The number of carbonyl (C=O) groups excluding carboxylic acids is 2. The van der Waals surface area contributed by atoms with Gasteiger partial charge in [-0.3, -0.25) is 9.59 Å². The summed E-state index contributed by atoms with van der Waals surface area (Å²) in [5.41, 5.74) is 2.00. The van der Waals surface area contributed by atoms with E-state index in [0.29, 0.717) is 17.4 Å². The molecule has 3 heteroatoms. The van der Waals surface area contributed by atoms with Crippen LogP contribution in [0.1, 0.15) is 15.9 Å². The summed E-state index contributed by atoms with van der Waals surface area (Å²) in [6, 6.07) is 20.9. The van der Waals surface area contributed by atoms with Crippen LogP contribution in [0, 0.1) is 0 Å². The van der Waals surface area contributed by atoms with Gasteiger partial charge in [-0.1, -0.05) is 60.7 Å². The molecule has 112 valence electrons. The van der Waals surface area contributed by atoms with E-state index in [1.54, 1.807) is 24.3 Å². The maximum absolute atomic E-state index is 12.6. The van der Waals surface area contributed by atoms with Crippen LogP contribution in [0.5, 0.6) is 0 Å². The third kappa shape index (κ3) is 3.19. The molecule has 0 spiro atoms. The van der Waals surface area contributed by atoms with Gasteiger partial charge in [-0.2, -0.15) is 0 Å². The number of benzene rings is 3. The molecule has 3 aromatic carbocycles. The molecule has 1 amide bonds. The van der Waals surface area contributed by atoms with E-state index >= 15 is 0 Å². The Kier molecular flexibility index (Phi) is 4.29. The average Bonchev–Trinajstić information content (AvgIpc) is 2.60. The summed E-state index contributed by atoms with van der Waals surface area (Å²) in [7, 11) is 0. The zero-order chi connectivity index (χ0) is 16.1. The van der Waals surface area contributed by atoms with Gasteiger partial charge in [0.1, 0.15) is 6.29 Å². The van der Waals surface area contributed by atoms with E-state index in [9.17, 15) is 9.59 Å². The van der Waals surface area contributed by atoms with Crippen LogP contribution >= 0.6 is 0 Å². The zero-order valence-electron chi connectivity index (χ0n) is 12.4. The highest BCUT2D eigenvalue weighted by molar-refractivity contribution is 6.10. The van der Waals surface area contributed by atoms with Crippen molar-refractivity contribution in [1.82, 2.24) is 0 Å². The molecular formula is C20H15NO2. The van der Waals surface area contributed by atoms with Crippen molar-refractivity contribution in [2.24, 2.45) is 0 Å². The standard InChI is InChI=1S/C20H15NO2/c22-14-6-10-16-8-2-4-12-18(16)20(23)21-19-13-5-9-15-7-1-3-11-17(15)19/h1-14H,(H,21,23)/b10-6+. The van der Waals surface area contributed by atoms with Gasteiger partial charge in [0, 0.05) is 16.6 Å². The fourth-order valence-electron chi connectivity index (χ4n) is 2.52. The number of aldehydes is 1. The Morgan fingerprint density at radius 1 is 0.870 bits per heavy atom. The number of nitrogens with one attached hydrogen (secondary N) is 1. The van der Waals surface area contributed by atoms with Crippen LogP contribution in [-0.2, 0) is 4.79 Å². The van der Waals surface area contributed by atoms with Crippen LogP contribution < -0.4 is 5.32 Å². The van der Waals surface area contributed by atoms with E-state index in [1.165, 1.54) is 6.08 Å². The van der Waals surface area contributed by atoms with Crippen molar-refractivity contribution in [3.05, 3.63) is 83.9 Å². The summed E-state index contributed by atoms with van der Waals surface area (Å²) in [4.78, 5) is 23.1. The van der Waals surface area contributed by atoms with Crippen LogP contribution in [0.15, 0.2) is 72.8 Å². The molecule has 0 aromatic heterocycles. The SMILES string of the molecule is O=C/C=C/c1ccccc1C(=O)Nc1cccc2ccccc12. The number of hydrogen-bond acceptors (Lipinski definition) is 2. The number of fused-ring (bicyclic) bond motifs is 1. The molecular weight excluding hydrogens is 286 g/mol. The van der Waals surface area contributed by atoms with E-state index in [4.69, 9.17) is 0 Å². The van der Waals surface area contributed by atoms with Gasteiger partial charge < -0.3 is 5.32 Å². The number of rotatable bonds is 4. The van der Waals surface area contributed by atoms with Gasteiger partial charge in [0.05, 0.1) is 0 Å². The maximum Gasteiger partial charge on any atom is 0.256 e. The Labute approximate surface area is 134 Å². The second kappa shape index (κ2) is 6.71. The summed E-state index contributed by atoms with van der Waals surface area (Å²) in [6.07, 6.45) is 3.70. The normalized spacial score (nSPS) is 10.8. The van der Waals surface area contributed by atoms with Gasteiger partial charge in [0.15, 0.2) is 0 Å². The predicted octanol–water partition coefficient (Wildman–Crippen LogP) is 4.30. The molecule has 0 unspecified atom stereocenters. The molecule has 0 atom stereocenters. The van der Waals surface area contributed by atoms with E-state index in [1.807, 2.05) is 48.5 Å². The molecule has 0 fully saturated rings. The molecule has 0 radical (unpaired) electrons. The Morgan fingerprint density at radius 2 is 1.61 bits per heavy atom. The van der Waals surface area contributed by atoms with Gasteiger partial charge >= 0.3 is 0 Å². The minimum absolute atomic E-state index is 0.201. The highest BCUT2D eigenvalue weighted by Crippen LogP contribution is 2.24. The molecule has 0 bridgehead atoms. The lowest BCUT2D eigenvalue weighted by Crippen LogP contribution is -2.13. The van der Waals surface area contributed by atoms with Crippen LogP contribution in [-0.4, -0.2) is 12.2 Å². The maximum atomic E-state index is 12.6. The largest absolute Gasteiger partial charge is 0.321 e. The zero-order valence-corrected chi connectivity index (χ0v) is 12.4. The number of amides is 1. The van der Waals surface area contributed by atoms with Crippen molar-refractivity contribution >= 4 is 34.7 Å². The molecule has 1 N–H and O–H groups in total. The lowest BCUT2D eigenvalue weighted by Gasteiger charge is -2.10. The molecule has 0 aliphatic heterocycles. The highest BCUT2D eigenvalue weighted by Gasteiger charge is 2.11. The summed E-state index contributed by atoms with van der Waals surface area (Å²) in [5.74, 6) is -0.201. The minimum atomic E-state index is -0.201. The molecule has 0 heterocycles. The Balaban J connectivity index is 1.96. The van der Waals surface area contributed by atoms with E-state index in [0.717, 1.165) is 16.5 Å². The molecule has 0 saturated carbocycles. The third-order valence-corrected chi connectivity index (χ3v) is 3.60. The molecule has 0 aliphatic rings. The van der Waals surface area contributed by atoms with Gasteiger partial charge in [-0.25, -0.2) is 0 Å². The third-order valence-electron chi connectivity index (χ3n) is 3.60. The van der Waals surface area contributed by atoms with Gasteiger partial charge in [-0.15, -0.1) is 0 Å². The first-order valence-corrected chi connectivity index (χ1v) is 7.29. The van der Waals surface area contributed by atoms with Crippen LogP contribution in [0.25, 0.3) is 16.8 Å².